The highest BCUT2D eigenvalue weighted by molar-refractivity contribution is 5.94. The van der Waals surface area contributed by atoms with E-state index in [1.807, 2.05) is 37.2 Å². The van der Waals surface area contributed by atoms with Gasteiger partial charge in [-0.05, 0) is 39.2 Å². The van der Waals surface area contributed by atoms with Gasteiger partial charge in [-0.1, -0.05) is 25.1 Å². The first-order valence-corrected chi connectivity index (χ1v) is 7.13. The van der Waals surface area contributed by atoms with Gasteiger partial charge in [-0.2, -0.15) is 0 Å². The van der Waals surface area contributed by atoms with Crippen molar-refractivity contribution in [2.24, 2.45) is 5.92 Å². The molecule has 1 atom stereocenters. The van der Waals surface area contributed by atoms with Gasteiger partial charge in [0.15, 0.2) is 0 Å². The Balaban J connectivity index is 2.75. The smallest absolute Gasteiger partial charge is 0.308 e. The van der Waals surface area contributed by atoms with Gasteiger partial charge in [0.1, 0.15) is 0 Å². The molecule has 1 aromatic carbocycles. The van der Waals surface area contributed by atoms with Crippen molar-refractivity contribution in [3.8, 4) is 0 Å². The normalized spacial score (nSPS) is 12.2. The van der Waals surface area contributed by atoms with Crippen LogP contribution in [0.15, 0.2) is 30.3 Å². The number of nitrogens with zero attached hydrogens (tertiary/aromatic N) is 2. The van der Waals surface area contributed by atoms with E-state index in [1.54, 1.807) is 24.0 Å². The van der Waals surface area contributed by atoms with Crippen molar-refractivity contribution in [3.63, 3.8) is 0 Å². The quantitative estimate of drug-likeness (QED) is 0.793. The van der Waals surface area contributed by atoms with Crippen molar-refractivity contribution in [2.75, 3.05) is 33.7 Å². The van der Waals surface area contributed by atoms with E-state index in [9.17, 15) is 9.59 Å². The van der Waals surface area contributed by atoms with Gasteiger partial charge in [0.2, 0.25) is 0 Å². The Bertz CT molecular complexity index is 460. The third kappa shape index (κ3) is 5.95. The van der Waals surface area contributed by atoms with Crippen LogP contribution in [0.3, 0.4) is 0 Å². The largest absolute Gasteiger partial charge is 0.481 e. The van der Waals surface area contributed by atoms with Crippen LogP contribution in [0, 0.1) is 5.92 Å². The molecule has 1 aromatic rings. The lowest BCUT2D eigenvalue weighted by molar-refractivity contribution is -0.141. The second-order valence-electron chi connectivity index (χ2n) is 5.51. The minimum absolute atomic E-state index is 0.109. The molecule has 0 aliphatic carbocycles. The van der Waals surface area contributed by atoms with Crippen LogP contribution in [-0.2, 0) is 4.79 Å². The molecular formula is C16H24N2O3. The maximum Gasteiger partial charge on any atom is 0.308 e. The fourth-order valence-electron chi connectivity index (χ4n) is 2.03. The summed E-state index contributed by atoms with van der Waals surface area (Å²) in [5, 5.41) is 9.05. The summed E-state index contributed by atoms with van der Waals surface area (Å²) in [5.41, 5.74) is 0.597. The Morgan fingerprint density at radius 1 is 1.14 bits per heavy atom. The zero-order chi connectivity index (χ0) is 15.8. The Morgan fingerprint density at radius 3 is 2.29 bits per heavy atom. The van der Waals surface area contributed by atoms with Gasteiger partial charge in [-0.15, -0.1) is 0 Å². The monoisotopic (exact) mass is 292 g/mol. The number of carboxylic acid groups (broad SMARTS) is 1. The van der Waals surface area contributed by atoms with Crippen LogP contribution in [0.5, 0.6) is 0 Å². The molecule has 116 valence electrons. The van der Waals surface area contributed by atoms with Crippen molar-refractivity contribution in [2.45, 2.75) is 13.3 Å². The number of carbonyl (C=O) groups is 2. The molecule has 0 saturated carbocycles. The fourth-order valence-corrected chi connectivity index (χ4v) is 2.03. The van der Waals surface area contributed by atoms with Crippen LogP contribution in [0.25, 0.3) is 0 Å². The van der Waals surface area contributed by atoms with Gasteiger partial charge in [0.25, 0.3) is 5.91 Å². The van der Waals surface area contributed by atoms with E-state index in [2.05, 4.69) is 0 Å². The Morgan fingerprint density at radius 2 is 1.76 bits per heavy atom. The molecule has 1 unspecified atom stereocenters. The number of benzene rings is 1. The molecule has 0 saturated heterocycles. The summed E-state index contributed by atoms with van der Waals surface area (Å²) in [6.45, 7) is 3.28. The SMILES string of the molecule is CC(CN(CCCN(C)C)C(=O)c1ccccc1)C(=O)O. The third-order valence-corrected chi connectivity index (χ3v) is 3.26. The lowest BCUT2D eigenvalue weighted by atomic mass is 10.1. The highest BCUT2D eigenvalue weighted by Crippen LogP contribution is 2.09. The van der Waals surface area contributed by atoms with Crippen molar-refractivity contribution in [1.82, 2.24) is 9.80 Å². The van der Waals surface area contributed by atoms with Crippen LogP contribution in [-0.4, -0.2) is 60.5 Å². The molecule has 0 heterocycles. The molecule has 0 spiro atoms. The van der Waals surface area contributed by atoms with Crippen LogP contribution in [0.2, 0.25) is 0 Å². The number of aliphatic carboxylic acids is 1. The summed E-state index contributed by atoms with van der Waals surface area (Å²) in [5.74, 6) is -1.56. The highest BCUT2D eigenvalue weighted by Gasteiger charge is 2.21. The summed E-state index contributed by atoms with van der Waals surface area (Å²) in [6.07, 6.45) is 0.817. The zero-order valence-corrected chi connectivity index (χ0v) is 13.0. The molecule has 21 heavy (non-hydrogen) atoms. The molecule has 1 rings (SSSR count). The second kappa shape index (κ2) is 8.42. The molecule has 0 aliphatic rings. The van der Waals surface area contributed by atoms with Crippen molar-refractivity contribution < 1.29 is 14.7 Å². The molecular weight excluding hydrogens is 268 g/mol. The van der Waals surface area contributed by atoms with Crippen LogP contribution in [0.1, 0.15) is 23.7 Å². The van der Waals surface area contributed by atoms with Gasteiger partial charge < -0.3 is 14.9 Å². The van der Waals surface area contributed by atoms with Crippen LogP contribution < -0.4 is 0 Å². The molecule has 1 amide bonds. The van der Waals surface area contributed by atoms with E-state index in [-0.39, 0.29) is 12.5 Å². The first-order chi connectivity index (χ1) is 9.91. The fraction of sp³-hybridized carbons (Fsp3) is 0.500. The Kier molecular flexibility index (Phi) is 6.88. The Hall–Kier alpha value is -1.88. The lowest BCUT2D eigenvalue weighted by Crippen LogP contribution is -2.38. The van der Waals surface area contributed by atoms with Crippen molar-refractivity contribution in [1.29, 1.82) is 0 Å². The van der Waals surface area contributed by atoms with Gasteiger partial charge >= 0.3 is 5.97 Å². The number of rotatable bonds is 8. The standard InChI is InChI=1S/C16H24N2O3/c1-13(16(20)21)12-18(11-7-10-17(2)3)15(19)14-8-5-4-6-9-14/h4-6,8-9,13H,7,10-12H2,1-3H3,(H,20,21). The Labute approximate surface area is 126 Å². The summed E-state index contributed by atoms with van der Waals surface area (Å²) in [7, 11) is 3.95. The lowest BCUT2D eigenvalue weighted by Gasteiger charge is -2.25. The van der Waals surface area contributed by atoms with E-state index >= 15 is 0 Å². The molecule has 0 aliphatic heterocycles. The average Bonchev–Trinajstić information content (AvgIpc) is 2.45. The predicted molar refractivity (Wildman–Crippen MR) is 82.3 cm³/mol. The van der Waals surface area contributed by atoms with E-state index in [4.69, 9.17) is 5.11 Å². The van der Waals surface area contributed by atoms with Gasteiger partial charge in [0.05, 0.1) is 5.92 Å². The van der Waals surface area contributed by atoms with E-state index in [0.717, 1.165) is 13.0 Å². The molecule has 0 fully saturated rings. The first-order valence-electron chi connectivity index (χ1n) is 7.13. The minimum atomic E-state index is -0.881. The molecule has 0 bridgehead atoms. The molecule has 0 aromatic heterocycles. The number of hydrogen-bond acceptors (Lipinski definition) is 3. The molecule has 5 heteroatoms. The van der Waals surface area contributed by atoms with Gasteiger partial charge in [0, 0.05) is 18.7 Å². The predicted octanol–water partition coefficient (Wildman–Crippen LogP) is 1.80. The summed E-state index contributed by atoms with van der Waals surface area (Å²) in [4.78, 5) is 27.2. The summed E-state index contributed by atoms with van der Waals surface area (Å²) >= 11 is 0. The van der Waals surface area contributed by atoms with Gasteiger partial charge in [-0.3, -0.25) is 9.59 Å². The van der Waals surface area contributed by atoms with Gasteiger partial charge in [-0.25, -0.2) is 0 Å². The van der Waals surface area contributed by atoms with Crippen molar-refractivity contribution >= 4 is 11.9 Å². The van der Waals surface area contributed by atoms with Crippen LogP contribution in [0.4, 0.5) is 0 Å². The number of hydrogen-bond donors (Lipinski definition) is 1. The maximum atomic E-state index is 12.5. The number of carboxylic acids is 1. The summed E-state index contributed by atoms with van der Waals surface area (Å²) in [6, 6.07) is 8.99. The molecule has 0 radical (unpaired) electrons. The average molecular weight is 292 g/mol. The number of amides is 1. The van der Waals surface area contributed by atoms with E-state index in [1.165, 1.54) is 0 Å². The van der Waals surface area contributed by atoms with Crippen molar-refractivity contribution in [3.05, 3.63) is 35.9 Å². The summed E-state index contributed by atoms with van der Waals surface area (Å²) < 4.78 is 0. The third-order valence-electron chi connectivity index (χ3n) is 3.26. The van der Waals surface area contributed by atoms with E-state index in [0.29, 0.717) is 12.1 Å². The minimum Gasteiger partial charge on any atom is -0.481 e. The highest BCUT2D eigenvalue weighted by atomic mass is 16.4. The van der Waals surface area contributed by atoms with Crippen LogP contribution >= 0.6 is 0 Å². The molecule has 1 N–H and O–H groups in total. The zero-order valence-electron chi connectivity index (χ0n) is 13.0. The second-order valence-corrected chi connectivity index (χ2v) is 5.51. The number of carbonyl (C=O) groups excluding carboxylic acids is 1. The molecule has 5 nitrogen and oxygen atoms in total. The topological polar surface area (TPSA) is 60.9 Å². The van der Waals surface area contributed by atoms with E-state index < -0.39 is 11.9 Å². The maximum absolute atomic E-state index is 12.5. The first kappa shape index (κ1) is 17.2.